The van der Waals surface area contributed by atoms with Crippen LogP contribution in [0.5, 0.6) is 0 Å². The van der Waals surface area contributed by atoms with Gasteiger partial charge in [0.1, 0.15) is 17.9 Å². The van der Waals surface area contributed by atoms with Gasteiger partial charge >= 0.3 is 0 Å². The molecule has 3 heterocycles. The normalized spacial score (nSPS) is 11.7. The Kier molecular flexibility index (Phi) is 5.06. The predicted molar refractivity (Wildman–Crippen MR) is 107 cm³/mol. The molecule has 0 spiro atoms. The summed E-state index contributed by atoms with van der Waals surface area (Å²) < 4.78 is 33.5. The van der Waals surface area contributed by atoms with Crippen molar-refractivity contribution < 1.29 is 21.9 Å². The van der Waals surface area contributed by atoms with Crippen molar-refractivity contribution in [2.24, 2.45) is 0 Å². The number of carbonyl (C=O) groups excluding carboxylic acids is 1. The lowest BCUT2D eigenvalue weighted by atomic mass is 10.1. The summed E-state index contributed by atoms with van der Waals surface area (Å²) in [5.74, 6) is -0.0518. The Morgan fingerprint density at radius 1 is 1.27 bits per heavy atom. The van der Waals surface area contributed by atoms with Crippen LogP contribution in [0, 0.1) is 6.92 Å². The van der Waals surface area contributed by atoms with Crippen molar-refractivity contribution in [1.29, 1.82) is 0 Å². The second-order valence-corrected chi connectivity index (χ2v) is 8.18. The Balaban J connectivity index is 1.56. The Hall–Kier alpha value is -3.57. The van der Waals surface area contributed by atoms with Gasteiger partial charge in [-0.1, -0.05) is 23.4 Å². The van der Waals surface area contributed by atoms with Crippen molar-refractivity contribution in [2.45, 2.75) is 13.5 Å². The van der Waals surface area contributed by atoms with E-state index in [1.165, 1.54) is 6.20 Å². The van der Waals surface area contributed by atoms with Crippen LogP contribution in [-0.2, 0) is 20.9 Å². The minimum absolute atomic E-state index is 0.0207. The Bertz CT molecular complexity index is 1340. The van der Waals surface area contributed by atoms with Crippen molar-refractivity contribution in [1.82, 2.24) is 19.5 Å². The number of aromatic nitrogens is 4. The van der Waals surface area contributed by atoms with E-state index in [0.29, 0.717) is 22.6 Å². The lowest BCUT2D eigenvalue weighted by molar-refractivity contribution is 0.102. The fourth-order valence-corrected chi connectivity index (χ4v) is 3.09. The summed E-state index contributed by atoms with van der Waals surface area (Å²) in [6.07, 6.45) is 4.21. The molecule has 1 aromatic carbocycles. The Morgan fingerprint density at radius 3 is 2.90 bits per heavy atom. The van der Waals surface area contributed by atoms with Crippen LogP contribution >= 0.6 is 0 Å². The summed E-state index contributed by atoms with van der Waals surface area (Å²) in [5.41, 5.74) is 3.06. The van der Waals surface area contributed by atoms with Gasteiger partial charge in [0, 0.05) is 17.4 Å². The maximum atomic E-state index is 12.8. The van der Waals surface area contributed by atoms with Gasteiger partial charge in [-0.3, -0.25) is 13.4 Å². The Morgan fingerprint density at radius 2 is 2.10 bits per heavy atom. The molecule has 3 aromatic heterocycles. The SMILES string of the molecule is Cc1ccc(-c2noc(COS(C)(=O)=O)n2)cc1NC(=O)c1cnc2ccccn12. The molecule has 0 aliphatic heterocycles. The van der Waals surface area contributed by atoms with E-state index in [-0.39, 0.29) is 24.2 Å². The van der Waals surface area contributed by atoms with E-state index in [1.54, 1.807) is 22.7 Å². The van der Waals surface area contributed by atoms with E-state index in [2.05, 4.69) is 24.6 Å². The number of nitrogens with zero attached hydrogens (tertiary/aromatic N) is 4. The summed E-state index contributed by atoms with van der Waals surface area (Å²) >= 11 is 0. The van der Waals surface area contributed by atoms with Gasteiger partial charge in [-0.05, 0) is 30.7 Å². The number of pyridine rings is 1. The van der Waals surface area contributed by atoms with Crippen molar-refractivity contribution in [2.75, 3.05) is 11.6 Å². The first-order valence-corrected chi connectivity index (χ1v) is 10.6. The summed E-state index contributed by atoms with van der Waals surface area (Å²) in [5, 5.41) is 6.72. The fourth-order valence-electron chi connectivity index (χ4n) is 2.77. The molecular weight excluding hydrogens is 410 g/mol. The van der Waals surface area contributed by atoms with E-state index in [4.69, 9.17) is 4.52 Å². The van der Waals surface area contributed by atoms with Crippen LogP contribution in [-0.4, -0.2) is 40.1 Å². The topological polar surface area (TPSA) is 129 Å². The third-order valence-electron chi connectivity index (χ3n) is 4.26. The van der Waals surface area contributed by atoms with Gasteiger partial charge in [-0.2, -0.15) is 13.4 Å². The lowest BCUT2D eigenvalue weighted by Gasteiger charge is -2.09. The molecule has 4 rings (SSSR count). The van der Waals surface area contributed by atoms with Crippen molar-refractivity contribution in [3.63, 3.8) is 0 Å². The number of rotatable bonds is 6. The fraction of sp³-hybridized carbons (Fsp3) is 0.158. The van der Waals surface area contributed by atoms with Gasteiger partial charge in [0.05, 0.1) is 12.5 Å². The number of imidazole rings is 1. The molecule has 0 atom stereocenters. The van der Waals surface area contributed by atoms with E-state index < -0.39 is 10.1 Å². The predicted octanol–water partition coefficient (Wildman–Crippen LogP) is 2.42. The number of hydrogen-bond donors (Lipinski definition) is 1. The average molecular weight is 427 g/mol. The summed E-state index contributed by atoms with van der Waals surface area (Å²) in [6.45, 7) is 1.51. The zero-order valence-corrected chi connectivity index (χ0v) is 16.9. The molecule has 0 aliphatic rings. The first-order valence-electron chi connectivity index (χ1n) is 8.81. The maximum absolute atomic E-state index is 12.8. The third kappa shape index (κ3) is 4.21. The average Bonchev–Trinajstić information content (AvgIpc) is 3.34. The number of carbonyl (C=O) groups is 1. The van der Waals surface area contributed by atoms with E-state index >= 15 is 0 Å². The smallest absolute Gasteiger partial charge is 0.274 e. The molecule has 1 N–H and O–H groups in total. The molecule has 0 saturated carbocycles. The van der Waals surface area contributed by atoms with Crippen LogP contribution in [0.15, 0.2) is 53.3 Å². The monoisotopic (exact) mass is 427 g/mol. The molecule has 11 heteroatoms. The summed E-state index contributed by atoms with van der Waals surface area (Å²) in [7, 11) is -3.62. The van der Waals surface area contributed by atoms with Gasteiger partial charge in [0.25, 0.3) is 21.9 Å². The van der Waals surface area contributed by atoms with Crippen LogP contribution in [0.1, 0.15) is 21.9 Å². The zero-order chi connectivity index (χ0) is 21.3. The van der Waals surface area contributed by atoms with Gasteiger partial charge < -0.3 is 9.84 Å². The minimum Gasteiger partial charge on any atom is -0.336 e. The van der Waals surface area contributed by atoms with Crippen molar-refractivity contribution >= 4 is 27.4 Å². The van der Waals surface area contributed by atoms with Crippen molar-refractivity contribution in [3.8, 4) is 11.4 Å². The lowest BCUT2D eigenvalue weighted by Crippen LogP contribution is -2.15. The molecule has 4 aromatic rings. The molecular formula is C19H17N5O5S. The van der Waals surface area contributed by atoms with E-state index in [0.717, 1.165) is 11.8 Å². The van der Waals surface area contributed by atoms with Crippen LogP contribution in [0.2, 0.25) is 0 Å². The largest absolute Gasteiger partial charge is 0.336 e. The number of nitrogens with one attached hydrogen (secondary N) is 1. The number of aryl methyl sites for hydroxylation is 1. The van der Waals surface area contributed by atoms with Crippen LogP contribution in [0.25, 0.3) is 17.0 Å². The molecule has 0 radical (unpaired) electrons. The highest BCUT2D eigenvalue weighted by atomic mass is 32.2. The standard InChI is InChI=1S/C19H17N5O5S/c1-12-6-7-13(18-22-17(29-23-18)11-28-30(2,26)27)9-14(12)21-19(25)15-10-20-16-5-3-4-8-24(15)16/h3-10H,11H2,1-2H3,(H,21,25). The molecule has 0 saturated heterocycles. The maximum Gasteiger partial charge on any atom is 0.274 e. The number of anilines is 1. The minimum atomic E-state index is -3.62. The van der Waals surface area contributed by atoms with Crippen molar-refractivity contribution in [3.05, 3.63) is 65.9 Å². The molecule has 0 unspecified atom stereocenters. The highest BCUT2D eigenvalue weighted by Gasteiger charge is 2.16. The summed E-state index contributed by atoms with van der Waals surface area (Å²) in [4.78, 5) is 21.1. The first kappa shape index (κ1) is 19.7. The van der Waals surface area contributed by atoms with Gasteiger partial charge in [0.15, 0.2) is 0 Å². The number of hydrogen-bond acceptors (Lipinski definition) is 8. The number of amides is 1. The highest BCUT2D eigenvalue weighted by Crippen LogP contribution is 2.24. The van der Waals surface area contributed by atoms with Crippen LogP contribution < -0.4 is 5.32 Å². The zero-order valence-electron chi connectivity index (χ0n) is 16.1. The molecule has 0 fully saturated rings. The molecule has 0 bridgehead atoms. The quantitative estimate of drug-likeness (QED) is 0.465. The highest BCUT2D eigenvalue weighted by molar-refractivity contribution is 7.85. The molecule has 0 aliphatic carbocycles. The molecule has 1 amide bonds. The van der Waals surface area contributed by atoms with Gasteiger partial charge in [0.2, 0.25) is 5.82 Å². The van der Waals surface area contributed by atoms with Crippen LogP contribution in [0.3, 0.4) is 0 Å². The second kappa shape index (κ2) is 7.69. The third-order valence-corrected chi connectivity index (χ3v) is 4.80. The van der Waals surface area contributed by atoms with E-state index in [9.17, 15) is 13.2 Å². The summed E-state index contributed by atoms with van der Waals surface area (Å²) in [6, 6.07) is 10.8. The number of fused-ring (bicyclic) bond motifs is 1. The number of benzene rings is 1. The molecule has 10 nitrogen and oxygen atoms in total. The Labute approximate surface area is 171 Å². The second-order valence-electron chi connectivity index (χ2n) is 6.53. The molecule has 30 heavy (non-hydrogen) atoms. The van der Waals surface area contributed by atoms with Crippen LogP contribution in [0.4, 0.5) is 5.69 Å². The van der Waals surface area contributed by atoms with E-state index in [1.807, 2.05) is 31.2 Å². The molecule has 154 valence electrons. The van der Waals surface area contributed by atoms with Gasteiger partial charge in [-0.25, -0.2) is 4.98 Å². The first-order chi connectivity index (χ1) is 14.3. The van der Waals surface area contributed by atoms with Gasteiger partial charge in [-0.15, -0.1) is 0 Å².